The van der Waals surface area contributed by atoms with Crippen LogP contribution in [0.2, 0.25) is 0 Å². The van der Waals surface area contributed by atoms with Crippen LogP contribution in [0.25, 0.3) is 5.57 Å². The molecule has 7 heteroatoms. The second kappa shape index (κ2) is 9.30. The van der Waals surface area contributed by atoms with Gasteiger partial charge in [-0.3, -0.25) is 4.79 Å². The molecule has 2 aromatic rings. The molecule has 0 radical (unpaired) electrons. The third-order valence-corrected chi connectivity index (χ3v) is 5.48. The summed E-state index contributed by atoms with van der Waals surface area (Å²) in [7, 11) is 0. The Hall–Kier alpha value is -2.25. The molecule has 1 amide bonds. The molecule has 0 aliphatic carbocycles. The molecule has 1 aromatic heterocycles. The van der Waals surface area contributed by atoms with Crippen molar-refractivity contribution in [2.24, 2.45) is 11.7 Å². The summed E-state index contributed by atoms with van der Waals surface area (Å²) in [5.74, 6) is 1.00. The van der Waals surface area contributed by atoms with Crippen LogP contribution in [-0.2, 0) is 24.4 Å². The molecule has 6 nitrogen and oxygen atoms in total. The first-order valence-corrected chi connectivity index (χ1v) is 10.4. The number of nitrogens with zero attached hydrogens (tertiary/aromatic N) is 3. The average Bonchev–Trinajstić information content (AvgIpc) is 2.96. The molecule has 1 aromatic carbocycles. The molecule has 1 unspecified atom stereocenters. The van der Waals surface area contributed by atoms with Crippen LogP contribution in [0.15, 0.2) is 36.4 Å². The van der Waals surface area contributed by atoms with Crippen LogP contribution in [0.4, 0.5) is 0 Å². The molecule has 0 spiro atoms. The number of hydrogen-bond acceptors (Lipinski definition) is 3. The Kier molecular flexibility index (Phi) is 6.80. The molecule has 1 aliphatic heterocycles. The lowest BCUT2D eigenvalue weighted by Crippen LogP contribution is -3.11. The van der Waals surface area contributed by atoms with E-state index in [-0.39, 0.29) is 5.91 Å². The number of carbonyl (C=O) groups is 1. The number of benzene rings is 1. The van der Waals surface area contributed by atoms with Gasteiger partial charge in [0.2, 0.25) is 10.7 Å². The van der Waals surface area contributed by atoms with Gasteiger partial charge in [-0.1, -0.05) is 44.2 Å². The summed E-state index contributed by atoms with van der Waals surface area (Å²) in [6.07, 6.45) is 4.21. The molecule has 2 heterocycles. The Morgan fingerprint density at radius 1 is 1.32 bits per heavy atom. The van der Waals surface area contributed by atoms with Crippen molar-refractivity contribution in [2.45, 2.75) is 46.3 Å². The Labute approximate surface area is 171 Å². The van der Waals surface area contributed by atoms with Crippen molar-refractivity contribution in [3.05, 3.63) is 52.6 Å². The summed E-state index contributed by atoms with van der Waals surface area (Å²) in [5.41, 5.74) is 8.06. The van der Waals surface area contributed by atoms with Crippen molar-refractivity contribution >= 4 is 23.7 Å². The molecule has 0 fully saturated rings. The summed E-state index contributed by atoms with van der Waals surface area (Å²) >= 11 is 5.70. The molecule has 28 heavy (non-hydrogen) atoms. The maximum atomic E-state index is 11.2. The molecule has 3 rings (SSSR count). The average molecular weight is 401 g/mol. The predicted octanol–water partition coefficient (Wildman–Crippen LogP) is 1.82. The van der Waals surface area contributed by atoms with E-state index >= 15 is 0 Å². The summed E-state index contributed by atoms with van der Waals surface area (Å²) in [4.78, 5) is 12.6. The largest absolute Gasteiger partial charge is 0.370 e. The van der Waals surface area contributed by atoms with Crippen LogP contribution in [-0.4, -0.2) is 33.3 Å². The van der Waals surface area contributed by atoms with E-state index in [0.717, 1.165) is 43.3 Å². The van der Waals surface area contributed by atoms with Crippen LogP contribution < -0.4 is 10.6 Å². The number of aryl methyl sites for hydroxylation is 1. The lowest BCUT2D eigenvalue weighted by Gasteiger charge is -2.23. The fourth-order valence-electron chi connectivity index (χ4n) is 3.61. The molecule has 0 bridgehead atoms. The number of nitrogens with two attached hydrogens (primary N) is 1. The number of aromatic nitrogens is 3. The predicted molar refractivity (Wildman–Crippen MR) is 113 cm³/mol. The second-order valence-electron chi connectivity index (χ2n) is 7.88. The van der Waals surface area contributed by atoms with Crippen molar-refractivity contribution in [3.63, 3.8) is 0 Å². The van der Waals surface area contributed by atoms with Crippen LogP contribution >= 0.6 is 12.2 Å². The molecule has 0 saturated carbocycles. The van der Waals surface area contributed by atoms with Gasteiger partial charge in [0.15, 0.2) is 6.67 Å². The zero-order chi connectivity index (χ0) is 20.1. The van der Waals surface area contributed by atoms with Gasteiger partial charge in [0.25, 0.3) is 0 Å². The van der Waals surface area contributed by atoms with E-state index in [4.69, 9.17) is 23.1 Å². The van der Waals surface area contributed by atoms with Gasteiger partial charge < -0.3 is 15.2 Å². The normalized spacial score (nSPS) is 17.0. The highest BCUT2D eigenvalue weighted by molar-refractivity contribution is 7.71. The SMILES string of the molecule is CC(C)Cn1c(CCC(N)=O)nn(C[NH+]2CC=C(c3ccccc3)CC2)c1=S. The quantitative estimate of drug-likeness (QED) is 0.664. The van der Waals surface area contributed by atoms with Crippen molar-refractivity contribution in [2.75, 3.05) is 13.1 Å². The minimum Gasteiger partial charge on any atom is -0.370 e. The van der Waals surface area contributed by atoms with Crippen molar-refractivity contribution < 1.29 is 9.69 Å². The first kappa shape index (κ1) is 20.5. The summed E-state index contributed by atoms with van der Waals surface area (Å²) in [5, 5.41) is 4.73. The molecule has 1 atom stereocenters. The summed E-state index contributed by atoms with van der Waals surface area (Å²) in [6, 6.07) is 10.6. The summed E-state index contributed by atoms with van der Waals surface area (Å²) in [6.45, 7) is 7.87. The second-order valence-corrected chi connectivity index (χ2v) is 8.24. The molecular formula is C21H30N5OS+. The number of amides is 1. The standard InChI is InChI=1S/C21H29N5OS/c1-16(2)14-25-20(9-8-19(22)27)23-26(21(25)28)15-24-12-10-18(11-13-24)17-6-4-3-5-7-17/h3-7,10,16H,8-9,11-15H2,1-2H3,(H2,22,27)/p+1. The van der Waals surface area contributed by atoms with Gasteiger partial charge >= 0.3 is 0 Å². The van der Waals surface area contributed by atoms with Crippen LogP contribution in [0, 0.1) is 10.7 Å². The number of primary amides is 1. The minimum absolute atomic E-state index is 0.295. The Morgan fingerprint density at radius 2 is 2.07 bits per heavy atom. The molecular weight excluding hydrogens is 370 g/mol. The van der Waals surface area contributed by atoms with Crippen molar-refractivity contribution in [1.29, 1.82) is 0 Å². The van der Waals surface area contributed by atoms with Gasteiger partial charge in [0.05, 0.1) is 13.1 Å². The first-order chi connectivity index (χ1) is 13.4. The van der Waals surface area contributed by atoms with Crippen LogP contribution in [0.1, 0.15) is 38.1 Å². The highest BCUT2D eigenvalue weighted by Gasteiger charge is 2.19. The number of rotatable bonds is 8. The number of carbonyl (C=O) groups excluding carboxylic acids is 1. The Bertz CT molecular complexity index is 897. The zero-order valence-electron chi connectivity index (χ0n) is 16.7. The van der Waals surface area contributed by atoms with Gasteiger partial charge in [-0.2, -0.15) is 9.78 Å². The topological polar surface area (TPSA) is 70.3 Å². The van der Waals surface area contributed by atoms with Crippen molar-refractivity contribution in [3.8, 4) is 0 Å². The van der Waals surface area contributed by atoms with Gasteiger partial charge in [-0.05, 0) is 35.3 Å². The van der Waals surface area contributed by atoms with Gasteiger partial charge in [-0.25, -0.2) is 0 Å². The van der Waals surface area contributed by atoms with E-state index in [1.54, 1.807) is 0 Å². The Morgan fingerprint density at radius 3 is 2.68 bits per heavy atom. The fourth-order valence-corrected chi connectivity index (χ4v) is 3.90. The van der Waals surface area contributed by atoms with E-state index < -0.39 is 0 Å². The van der Waals surface area contributed by atoms with Crippen LogP contribution in [0.3, 0.4) is 0 Å². The van der Waals surface area contributed by atoms with E-state index in [2.05, 4.69) is 54.8 Å². The molecule has 0 saturated heterocycles. The highest BCUT2D eigenvalue weighted by Crippen LogP contribution is 2.17. The van der Waals surface area contributed by atoms with Gasteiger partial charge in [0, 0.05) is 25.8 Å². The number of quaternary nitrogens is 1. The van der Waals surface area contributed by atoms with E-state index in [9.17, 15) is 4.79 Å². The van der Waals surface area contributed by atoms with Gasteiger partial charge in [-0.15, -0.1) is 0 Å². The minimum atomic E-state index is -0.309. The molecule has 1 aliphatic rings. The van der Waals surface area contributed by atoms with E-state index in [1.807, 2.05) is 4.68 Å². The molecule has 3 N–H and O–H groups in total. The zero-order valence-corrected chi connectivity index (χ0v) is 17.5. The Balaban J connectivity index is 1.72. The lowest BCUT2D eigenvalue weighted by molar-refractivity contribution is -0.918. The summed E-state index contributed by atoms with van der Waals surface area (Å²) < 4.78 is 4.72. The first-order valence-electron chi connectivity index (χ1n) is 9.97. The third kappa shape index (κ3) is 5.17. The maximum absolute atomic E-state index is 11.2. The van der Waals surface area contributed by atoms with E-state index in [0.29, 0.717) is 18.8 Å². The van der Waals surface area contributed by atoms with Crippen molar-refractivity contribution in [1.82, 2.24) is 14.3 Å². The van der Waals surface area contributed by atoms with Gasteiger partial charge in [0.1, 0.15) is 5.82 Å². The van der Waals surface area contributed by atoms with E-state index in [1.165, 1.54) is 16.0 Å². The number of nitrogens with one attached hydrogen (secondary N) is 1. The highest BCUT2D eigenvalue weighted by atomic mass is 32.1. The maximum Gasteiger partial charge on any atom is 0.217 e. The monoisotopic (exact) mass is 400 g/mol. The lowest BCUT2D eigenvalue weighted by atomic mass is 10.00. The van der Waals surface area contributed by atoms with Crippen LogP contribution in [0.5, 0.6) is 0 Å². The smallest absolute Gasteiger partial charge is 0.217 e. The number of hydrogen-bond donors (Lipinski definition) is 2. The molecule has 150 valence electrons. The fraction of sp³-hybridized carbons (Fsp3) is 0.476. The third-order valence-electron chi connectivity index (χ3n) is 5.05.